The quantitative estimate of drug-likeness (QED) is 0.744. The van der Waals surface area contributed by atoms with E-state index in [0.29, 0.717) is 11.5 Å². The minimum absolute atomic E-state index is 0.00512. The second-order valence-electron chi connectivity index (χ2n) is 7.28. The molecule has 0 heterocycles. The highest BCUT2D eigenvalue weighted by Gasteiger charge is 2.24. The van der Waals surface area contributed by atoms with Gasteiger partial charge in [0.05, 0.1) is 10.5 Å². The van der Waals surface area contributed by atoms with Crippen molar-refractivity contribution in [3.8, 4) is 0 Å². The normalized spacial score (nSPS) is 20.3. The van der Waals surface area contributed by atoms with Crippen LogP contribution in [0.2, 0.25) is 0 Å². The highest BCUT2D eigenvalue weighted by Crippen LogP contribution is 2.23. The van der Waals surface area contributed by atoms with E-state index >= 15 is 0 Å². The van der Waals surface area contributed by atoms with E-state index in [9.17, 15) is 18.0 Å². The van der Waals surface area contributed by atoms with Gasteiger partial charge in [0.1, 0.15) is 0 Å². The molecule has 0 aliphatic heterocycles. The molecule has 0 radical (unpaired) electrons. The maximum Gasteiger partial charge on any atom is 0.338 e. The van der Waals surface area contributed by atoms with Gasteiger partial charge in [-0.3, -0.25) is 4.79 Å². The fourth-order valence-electron chi connectivity index (χ4n) is 3.18. The molecule has 150 valence electrons. The maximum absolute atomic E-state index is 12.4. The Morgan fingerprint density at radius 3 is 2.52 bits per heavy atom. The number of benzene rings is 1. The Labute approximate surface area is 161 Å². The molecule has 1 aliphatic rings. The number of hydrogen-bond donors (Lipinski definition) is 1. The molecule has 2 atom stereocenters. The van der Waals surface area contributed by atoms with Crippen LogP contribution in [0.4, 0.5) is 0 Å². The minimum atomic E-state index is -3.66. The smallest absolute Gasteiger partial charge is 0.338 e. The zero-order chi connectivity index (χ0) is 20.2. The highest BCUT2D eigenvalue weighted by atomic mass is 32.2. The van der Waals surface area contributed by atoms with E-state index in [1.165, 1.54) is 32.6 Å². The summed E-state index contributed by atoms with van der Waals surface area (Å²) in [6, 6.07) is 4.39. The number of aryl methyl sites for hydroxylation is 1. The van der Waals surface area contributed by atoms with Crippen molar-refractivity contribution >= 4 is 21.9 Å². The summed E-state index contributed by atoms with van der Waals surface area (Å²) in [7, 11) is -0.819. The molecule has 1 amide bonds. The van der Waals surface area contributed by atoms with Gasteiger partial charge in [-0.05, 0) is 43.4 Å². The maximum atomic E-state index is 12.4. The molecule has 0 unspecified atom stereocenters. The van der Waals surface area contributed by atoms with E-state index in [1.807, 2.05) is 0 Å². The summed E-state index contributed by atoms with van der Waals surface area (Å²) in [6.45, 7) is 3.41. The monoisotopic (exact) mass is 396 g/mol. The van der Waals surface area contributed by atoms with Crippen LogP contribution in [0.1, 0.15) is 48.5 Å². The summed E-state index contributed by atoms with van der Waals surface area (Å²) < 4.78 is 30.7. The lowest BCUT2D eigenvalue weighted by Gasteiger charge is -2.29. The van der Waals surface area contributed by atoms with Gasteiger partial charge >= 0.3 is 5.97 Å². The number of amides is 1. The molecule has 1 fully saturated rings. The Hall–Kier alpha value is -1.93. The first-order valence-electron chi connectivity index (χ1n) is 9.12. The van der Waals surface area contributed by atoms with Gasteiger partial charge in [-0.25, -0.2) is 17.5 Å². The zero-order valence-electron chi connectivity index (χ0n) is 16.3. The fraction of sp³-hybridized carbons (Fsp3) is 0.579. The SMILES string of the molecule is Cc1ccc(S(=O)(=O)N(C)C)cc1C(=O)OCC(=O)N[C@H]1CCCC[C@@H]1C. The van der Waals surface area contributed by atoms with Crippen molar-refractivity contribution in [2.75, 3.05) is 20.7 Å². The van der Waals surface area contributed by atoms with Gasteiger partial charge in [0, 0.05) is 20.1 Å². The molecule has 7 nitrogen and oxygen atoms in total. The number of carbonyl (C=O) groups excluding carboxylic acids is 2. The van der Waals surface area contributed by atoms with Crippen LogP contribution in [0.15, 0.2) is 23.1 Å². The molecule has 0 saturated heterocycles. The lowest BCUT2D eigenvalue weighted by atomic mass is 9.86. The number of esters is 1. The molecule has 2 rings (SSSR count). The number of hydrogen-bond acceptors (Lipinski definition) is 5. The number of rotatable bonds is 6. The van der Waals surface area contributed by atoms with E-state index in [1.54, 1.807) is 13.0 Å². The second-order valence-corrected chi connectivity index (χ2v) is 9.43. The number of carbonyl (C=O) groups is 2. The first-order chi connectivity index (χ1) is 12.6. The summed E-state index contributed by atoms with van der Waals surface area (Å²) in [5.41, 5.74) is 0.718. The molecule has 1 aromatic rings. The van der Waals surface area contributed by atoms with E-state index < -0.39 is 16.0 Å². The van der Waals surface area contributed by atoms with Crippen LogP contribution >= 0.6 is 0 Å². The number of sulfonamides is 1. The summed E-state index contributed by atoms with van der Waals surface area (Å²) in [4.78, 5) is 24.5. The molecule has 0 aromatic heterocycles. The topological polar surface area (TPSA) is 92.8 Å². The summed E-state index contributed by atoms with van der Waals surface area (Å²) >= 11 is 0. The van der Waals surface area contributed by atoms with Crippen LogP contribution in [0.5, 0.6) is 0 Å². The van der Waals surface area contributed by atoms with Crippen LogP contribution < -0.4 is 5.32 Å². The van der Waals surface area contributed by atoms with Gasteiger partial charge in [0.25, 0.3) is 5.91 Å². The van der Waals surface area contributed by atoms with E-state index in [4.69, 9.17) is 4.74 Å². The Morgan fingerprint density at radius 1 is 1.22 bits per heavy atom. The van der Waals surface area contributed by atoms with Crippen molar-refractivity contribution in [1.82, 2.24) is 9.62 Å². The molecule has 1 N–H and O–H groups in total. The average molecular weight is 397 g/mol. The van der Waals surface area contributed by atoms with Crippen LogP contribution in [-0.4, -0.2) is 51.3 Å². The van der Waals surface area contributed by atoms with Crippen molar-refractivity contribution in [3.63, 3.8) is 0 Å². The first-order valence-corrected chi connectivity index (χ1v) is 10.6. The van der Waals surface area contributed by atoms with Crippen molar-refractivity contribution in [2.45, 2.75) is 50.5 Å². The number of ether oxygens (including phenoxy) is 1. The van der Waals surface area contributed by atoms with Gasteiger partial charge in [-0.15, -0.1) is 0 Å². The standard InChI is InChI=1S/C19H28N2O5S/c1-13-9-10-15(27(24,25)21(3)4)11-16(13)19(23)26-12-18(22)20-17-8-6-5-7-14(17)2/h9-11,14,17H,5-8,12H2,1-4H3,(H,20,22)/t14-,17-/m0/s1. The lowest BCUT2D eigenvalue weighted by Crippen LogP contribution is -2.42. The van der Waals surface area contributed by atoms with Gasteiger partial charge in [-0.1, -0.05) is 25.8 Å². The van der Waals surface area contributed by atoms with Crippen molar-refractivity contribution < 1.29 is 22.7 Å². The molecular weight excluding hydrogens is 368 g/mol. The van der Waals surface area contributed by atoms with Gasteiger partial charge in [-0.2, -0.15) is 0 Å². The zero-order valence-corrected chi connectivity index (χ0v) is 17.1. The fourth-order valence-corrected chi connectivity index (χ4v) is 4.11. The predicted molar refractivity (Wildman–Crippen MR) is 102 cm³/mol. The van der Waals surface area contributed by atoms with Crippen LogP contribution in [0.25, 0.3) is 0 Å². The number of nitrogens with zero attached hydrogens (tertiary/aromatic N) is 1. The lowest BCUT2D eigenvalue weighted by molar-refractivity contribution is -0.125. The van der Waals surface area contributed by atoms with Gasteiger partial charge in [0.2, 0.25) is 10.0 Å². The molecule has 1 aliphatic carbocycles. The minimum Gasteiger partial charge on any atom is -0.452 e. The molecule has 0 bridgehead atoms. The highest BCUT2D eigenvalue weighted by molar-refractivity contribution is 7.89. The molecule has 8 heteroatoms. The molecule has 27 heavy (non-hydrogen) atoms. The Bertz CT molecular complexity index is 804. The second kappa shape index (κ2) is 8.84. The van der Waals surface area contributed by atoms with Crippen LogP contribution in [0.3, 0.4) is 0 Å². The number of nitrogens with one attached hydrogen (secondary N) is 1. The third kappa shape index (κ3) is 5.29. The van der Waals surface area contributed by atoms with Crippen molar-refractivity contribution in [1.29, 1.82) is 0 Å². The molecule has 0 spiro atoms. The van der Waals surface area contributed by atoms with Gasteiger partial charge in [0.15, 0.2) is 6.61 Å². The van der Waals surface area contributed by atoms with Crippen molar-refractivity contribution in [2.24, 2.45) is 5.92 Å². The molecule has 1 aromatic carbocycles. The van der Waals surface area contributed by atoms with Crippen LogP contribution in [-0.2, 0) is 19.6 Å². The average Bonchev–Trinajstić information content (AvgIpc) is 2.61. The van der Waals surface area contributed by atoms with E-state index in [0.717, 1.165) is 23.6 Å². The van der Waals surface area contributed by atoms with Crippen LogP contribution in [0, 0.1) is 12.8 Å². The Kier molecular flexibility index (Phi) is 7.00. The third-order valence-electron chi connectivity index (χ3n) is 5.00. The van der Waals surface area contributed by atoms with E-state index in [-0.39, 0.29) is 29.0 Å². The first kappa shape index (κ1) is 21.4. The van der Waals surface area contributed by atoms with Crippen molar-refractivity contribution in [3.05, 3.63) is 29.3 Å². The summed E-state index contributed by atoms with van der Waals surface area (Å²) in [5.74, 6) is -0.638. The molecule has 1 saturated carbocycles. The van der Waals surface area contributed by atoms with Gasteiger partial charge < -0.3 is 10.1 Å². The Morgan fingerprint density at radius 2 is 1.89 bits per heavy atom. The largest absolute Gasteiger partial charge is 0.452 e. The van der Waals surface area contributed by atoms with E-state index in [2.05, 4.69) is 12.2 Å². The summed E-state index contributed by atoms with van der Waals surface area (Å²) in [6.07, 6.45) is 4.27. The predicted octanol–water partition coefficient (Wildman–Crippen LogP) is 2.10. The molecular formula is C19H28N2O5S. The Balaban J connectivity index is 2.02. The third-order valence-corrected chi connectivity index (χ3v) is 6.81. The summed E-state index contributed by atoms with van der Waals surface area (Å²) in [5, 5.41) is 2.92.